The van der Waals surface area contributed by atoms with E-state index in [-0.39, 0.29) is 11.4 Å². The van der Waals surface area contributed by atoms with Crippen molar-refractivity contribution in [1.82, 2.24) is 0 Å². The van der Waals surface area contributed by atoms with E-state index in [9.17, 15) is 9.59 Å². The highest BCUT2D eigenvalue weighted by atomic mass is 16.7. The smallest absolute Gasteiger partial charge is 0.497 e. The van der Waals surface area contributed by atoms with Gasteiger partial charge in [0.2, 0.25) is 0 Å². The molecule has 0 spiro atoms. The monoisotopic (exact) mass is 689 g/mol. The van der Waals surface area contributed by atoms with Gasteiger partial charge in [-0.05, 0) is 82.9 Å². The van der Waals surface area contributed by atoms with Gasteiger partial charge in [-0.2, -0.15) is 0 Å². The standard InChI is InChI=1S/C45H39NO6/c1-32(47)50-40-26-20-35(21-27-40)45(2,3)36-22-28-41(29-23-36)51-44(48)52-43-15-9-13-39(31-43)46(38-12-8-14-42(30-38)49-4)37-24-18-34(19-25-37)17-16-33-10-6-5-7-11-33/h5-31H,1-4H3/b17-16+. The van der Waals surface area contributed by atoms with Gasteiger partial charge < -0.3 is 23.8 Å². The molecule has 6 aromatic carbocycles. The predicted molar refractivity (Wildman–Crippen MR) is 206 cm³/mol. The molecule has 0 heterocycles. The molecule has 6 rings (SSSR count). The molecular weight excluding hydrogens is 650 g/mol. The van der Waals surface area contributed by atoms with Crippen molar-refractivity contribution in [2.75, 3.05) is 12.0 Å². The van der Waals surface area contributed by atoms with Gasteiger partial charge in [-0.25, -0.2) is 4.79 Å². The summed E-state index contributed by atoms with van der Waals surface area (Å²) in [4.78, 5) is 26.3. The van der Waals surface area contributed by atoms with Crippen LogP contribution in [0.15, 0.2) is 152 Å². The predicted octanol–water partition coefficient (Wildman–Crippen LogP) is 11.2. The van der Waals surface area contributed by atoms with E-state index in [2.05, 4.69) is 67.3 Å². The first-order valence-corrected chi connectivity index (χ1v) is 16.8. The average Bonchev–Trinajstić information content (AvgIpc) is 3.15. The van der Waals surface area contributed by atoms with Crippen molar-refractivity contribution in [3.63, 3.8) is 0 Å². The zero-order chi connectivity index (χ0) is 36.5. The Kier molecular flexibility index (Phi) is 10.8. The third kappa shape index (κ3) is 8.76. The molecule has 260 valence electrons. The van der Waals surface area contributed by atoms with Crippen LogP contribution in [0, 0.1) is 0 Å². The lowest BCUT2D eigenvalue weighted by Gasteiger charge is -2.26. The summed E-state index contributed by atoms with van der Waals surface area (Å²) >= 11 is 0. The van der Waals surface area contributed by atoms with E-state index < -0.39 is 6.16 Å². The van der Waals surface area contributed by atoms with Crippen molar-refractivity contribution >= 4 is 41.3 Å². The molecule has 0 fully saturated rings. The van der Waals surface area contributed by atoms with Gasteiger partial charge in [0.1, 0.15) is 23.0 Å². The number of rotatable bonds is 11. The summed E-state index contributed by atoms with van der Waals surface area (Å²) in [5.74, 6) is 1.53. The minimum atomic E-state index is -0.854. The lowest BCUT2D eigenvalue weighted by molar-refractivity contribution is -0.131. The zero-order valence-corrected chi connectivity index (χ0v) is 29.5. The Morgan fingerprint density at radius 2 is 1.02 bits per heavy atom. The molecule has 7 heteroatoms. The van der Waals surface area contributed by atoms with E-state index in [0.717, 1.165) is 39.3 Å². The molecule has 0 N–H and O–H groups in total. The molecule has 0 aliphatic rings. The average molecular weight is 690 g/mol. The number of anilines is 3. The second-order valence-electron chi connectivity index (χ2n) is 12.6. The largest absolute Gasteiger partial charge is 0.519 e. The number of carbonyl (C=O) groups excluding carboxylic acids is 2. The van der Waals surface area contributed by atoms with Gasteiger partial charge in [0.25, 0.3) is 0 Å². The molecule has 0 saturated carbocycles. The van der Waals surface area contributed by atoms with Crippen LogP contribution in [-0.4, -0.2) is 19.2 Å². The Hall–Kier alpha value is -6.60. The van der Waals surface area contributed by atoms with Crippen molar-refractivity contribution in [3.8, 4) is 23.0 Å². The Balaban J connectivity index is 1.17. The maximum absolute atomic E-state index is 13.0. The Morgan fingerprint density at radius 3 is 1.58 bits per heavy atom. The fourth-order valence-corrected chi connectivity index (χ4v) is 5.80. The molecule has 0 aliphatic carbocycles. The summed E-state index contributed by atoms with van der Waals surface area (Å²) in [6.45, 7) is 5.56. The molecule has 7 nitrogen and oxygen atoms in total. The number of hydrogen-bond donors (Lipinski definition) is 0. The van der Waals surface area contributed by atoms with E-state index in [4.69, 9.17) is 18.9 Å². The lowest BCUT2D eigenvalue weighted by atomic mass is 9.78. The number of ether oxygens (including phenoxy) is 4. The van der Waals surface area contributed by atoms with Crippen LogP contribution >= 0.6 is 0 Å². The summed E-state index contributed by atoms with van der Waals surface area (Å²) in [5.41, 5.74) is 6.44. The lowest BCUT2D eigenvalue weighted by Crippen LogP contribution is -2.19. The molecule has 0 aliphatic heterocycles. The number of carbonyl (C=O) groups is 2. The highest BCUT2D eigenvalue weighted by molar-refractivity contribution is 5.80. The van der Waals surface area contributed by atoms with Crippen LogP contribution in [0.4, 0.5) is 21.9 Å². The highest BCUT2D eigenvalue weighted by Gasteiger charge is 2.24. The normalized spacial score (nSPS) is 11.2. The number of methoxy groups -OCH3 is 1. The summed E-state index contributed by atoms with van der Waals surface area (Å²) in [6.07, 6.45) is 3.31. The zero-order valence-electron chi connectivity index (χ0n) is 29.5. The topological polar surface area (TPSA) is 74.3 Å². The quantitative estimate of drug-likeness (QED) is 0.0580. The summed E-state index contributed by atoms with van der Waals surface area (Å²) in [5, 5.41) is 0. The van der Waals surface area contributed by atoms with Gasteiger partial charge in [0.05, 0.1) is 7.11 Å². The molecule has 0 atom stereocenters. The molecule has 0 radical (unpaired) electrons. The molecule has 0 amide bonds. The third-order valence-electron chi connectivity index (χ3n) is 8.62. The van der Waals surface area contributed by atoms with Crippen molar-refractivity contribution < 1.29 is 28.5 Å². The fourth-order valence-electron chi connectivity index (χ4n) is 5.80. The number of esters is 1. The first kappa shape index (κ1) is 35.2. The first-order valence-electron chi connectivity index (χ1n) is 16.8. The summed E-state index contributed by atoms with van der Waals surface area (Å²) in [6, 6.07) is 48.2. The molecule has 0 bridgehead atoms. The van der Waals surface area contributed by atoms with Crippen LogP contribution in [-0.2, 0) is 10.2 Å². The minimum absolute atomic E-state index is 0.327. The van der Waals surface area contributed by atoms with Crippen molar-refractivity contribution in [2.24, 2.45) is 0 Å². The second kappa shape index (κ2) is 16.0. The van der Waals surface area contributed by atoms with Gasteiger partial charge in [-0.3, -0.25) is 4.79 Å². The highest BCUT2D eigenvalue weighted by Crippen LogP contribution is 2.38. The van der Waals surface area contributed by atoms with E-state index in [1.54, 1.807) is 43.5 Å². The maximum atomic E-state index is 13.0. The first-order chi connectivity index (χ1) is 25.2. The number of nitrogens with zero attached hydrogens (tertiary/aromatic N) is 1. The van der Waals surface area contributed by atoms with Gasteiger partial charge in [0.15, 0.2) is 0 Å². The van der Waals surface area contributed by atoms with Crippen LogP contribution in [0.3, 0.4) is 0 Å². The number of benzene rings is 6. The maximum Gasteiger partial charge on any atom is 0.519 e. The van der Waals surface area contributed by atoms with Crippen molar-refractivity contribution in [1.29, 1.82) is 0 Å². The van der Waals surface area contributed by atoms with E-state index in [0.29, 0.717) is 23.0 Å². The van der Waals surface area contributed by atoms with Crippen LogP contribution in [0.25, 0.3) is 12.2 Å². The summed E-state index contributed by atoms with van der Waals surface area (Å²) < 4.78 is 21.9. The van der Waals surface area contributed by atoms with Crippen LogP contribution in [0.2, 0.25) is 0 Å². The SMILES string of the molecule is COc1cccc(N(c2ccc(/C=C/c3ccccc3)cc2)c2cccc(OC(=O)Oc3ccc(C(C)(C)c4ccc(OC(C)=O)cc4)cc3)c2)c1. The van der Waals surface area contributed by atoms with E-state index in [1.165, 1.54) is 6.92 Å². The minimum Gasteiger partial charge on any atom is -0.497 e. The van der Waals surface area contributed by atoms with Crippen molar-refractivity contribution in [3.05, 3.63) is 174 Å². The molecule has 6 aromatic rings. The second-order valence-corrected chi connectivity index (χ2v) is 12.6. The molecule has 0 unspecified atom stereocenters. The number of hydrogen-bond acceptors (Lipinski definition) is 7. The summed E-state index contributed by atoms with van der Waals surface area (Å²) in [7, 11) is 1.64. The van der Waals surface area contributed by atoms with Gasteiger partial charge in [-0.15, -0.1) is 0 Å². The Morgan fingerprint density at radius 1 is 0.519 bits per heavy atom. The molecule has 0 aromatic heterocycles. The Bertz CT molecular complexity index is 2160. The van der Waals surface area contributed by atoms with Gasteiger partial charge >= 0.3 is 12.1 Å². The van der Waals surface area contributed by atoms with E-state index in [1.807, 2.05) is 78.9 Å². The molecule has 52 heavy (non-hydrogen) atoms. The van der Waals surface area contributed by atoms with Crippen LogP contribution in [0.5, 0.6) is 23.0 Å². The van der Waals surface area contributed by atoms with Crippen LogP contribution < -0.4 is 23.8 Å². The Labute approximate surface area is 304 Å². The molecular formula is C45H39NO6. The fraction of sp³-hybridized carbons (Fsp3) is 0.111. The van der Waals surface area contributed by atoms with Gasteiger partial charge in [0, 0.05) is 41.5 Å². The van der Waals surface area contributed by atoms with Crippen LogP contribution in [0.1, 0.15) is 43.0 Å². The molecule has 0 saturated heterocycles. The van der Waals surface area contributed by atoms with Crippen molar-refractivity contribution in [2.45, 2.75) is 26.2 Å². The van der Waals surface area contributed by atoms with Gasteiger partial charge in [-0.1, -0.05) is 105 Å². The third-order valence-corrected chi connectivity index (χ3v) is 8.62. The van der Waals surface area contributed by atoms with E-state index >= 15 is 0 Å².